The molecule has 0 N–H and O–H groups in total. The lowest BCUT2D eigenvalue weighted by Gasteiger charge is -2.33. The normalized spacial score (nSPS) is 18.0. The number of para-hydroxylation sites is 3. The Morgan fingerprint density at radius 3 is 1.35 bits per heavy atom. The van der Waals surface area contributed by atoms with Gasteiger partial charge in [-0.25, -0.2) is 0 Å². The second-order valence-corrected chi connectivity index (χ2v) is 18.8. The number of hydrogen-bond acceptors (Lipinski definition) is 1. The van der Waals surface area contributed by atoms with E-state index in [1.165, 1.54) is 159 Å². The summed E-state index contributed by atoms with van der Waals surface area (Å²) in [6.45, 7) is 0. The third-order valence-corrected chi connectivity index (χ3v) is 15.3. The highest BCUT2D eigenvalue weighted by molar-refractivity contribution is 5.90. The summed E-state index contributed by atoms with van der Waals surface area (Å²) >= 11 is 0. The van der Waals surface area contributed by atoms with Crippen molar-refractivity contribution in [1.82, 2.24) is 9.13 Å². The minimum atomic E-state index is 0.549. The summed E-state index contributed by atoms with van der Waals surface area (Å²) in [6.07, 6.45) is 14.9. The van der Waals surface area contributed by atoms with Gasteiger partial charge in [-0.3, -0.25) is 0 Å². The van der Waals surface area contributed by atoms with Crippen molar-refractivity contribution >= 4 is 33.2 Å². The monoisotopic (exact) mass is 815 g/mol. The fourth-order valence-corrected chi connectivity index (χ4v) is 12.4. The van der Waals surface area contributed by atoms with Gasteiger partial charge in [-0.15, -0.1) is 0 Å². The first kappa shape index (κ1) is 37.0. The SMILES string of the molecule is c1ccc2c(c1)C1CCCCC1N2c1ccc(-c2cc(-c3ccc(-n4c5c(c6ccccc64)CCCC5)cc3)cc(-c3ccc(-n4c5c(c6ccccc64)CCCC5)cc3)c2)cc1. The predicted molar refractivity (Wildman–Crippen MR) is 263 cm³/mol. The van der Waals surface area contributed by atoms with Crippen molar-refractivity contribution < 1.29 is 0 Å². The molecule has 0 radical (unpaired) electrons. The second kappa shape index (κ2) is 15.1. The van der Waals surface area contributed by atoms with Gasteiger partial charge >= 0.3 is 0 Å². The van der Waals surface area contributed by atoms with Gasteiger partial charge in [-0.1, -0.05) is 104 Å². The maximum atomic E-state index is 2.66. The zero-order valence-corrected chi connectivity index (χ0v) is 36.1. The molecule has 2 aromatic heterocycles. The van der Waals surface area contributed by atoms with Crippen LogP contribution in [0.5, 0.6) is 0 Å². The number of nitrogens with zero attached hydrogens (tertiary/aromatic N) is 3. The van der Waals surface area contributed by atoms with Gasteiger partial charge in [0.25, 0.3) is 0 Å². The molecule has 0 bridgehead atoms. The molecule has 13 rings (SSSR count). The summed E-state index contributed by atoms with van der Waals surface area (Å²) in [5.41, 5.74) is 23.0. The predicted octanol–water partition coefficient (Wildman–Crippen LogP) is 15.5. The Morgan fingerprint density at radius 1 is 0.365 bits per heavy atom. The summed E-state index contributed by atoms with van der Waals surface area (Å²) < 4.78 is 5.08. The molecule has 308 valence electrons. The largest absolute Gasteiger partial charge is 0.338 e. The van der Waals surface area contributed by atoms with Crippen molar-refractivity contribution in [2.75, 3.05) is 4.90 Å². The molecular formula is C60H53N3. The van der Waals surface area contributed by atoms with Crippen LogP contribution in [0, 0.1) is 0 Å². The molecule has 7 aromatic carbocycles. The zero-order chi connectivity index (χ0) is 41.4. The van der Waals surface area contributed by atoms with E-state index >= 15 is 0 Å². The Kier molecular flexibility index (Phi) is 8.84. The van der Waals surface area contributed by atoms with Crippen molar-refractivity contribution in [3.8, 4) is 44.8 Å². The van der Waals surface area contributed by atoms with Gasteiger partial charge in [-0.2, -0.15) is 0 Å². The number of hydrogen-bond donors (Lipinski definition) is 0. The molecular weight excluding hydrogens is 763 g/mol. The first-order valence-corrected chi connectivity index (χ1v) is 23.8. The van der Waals surface area contributed by atoms with Crippen LogP contribution in [0.25, 0.3) is 66.6 Å². The molecule has 1 saturated carbocycles. The molecule has 3 heteroatoms. The van der Waals surface area contributed by atoms with Crippen molar-refractivity contribution in [2.24, 2.45) is 0 Å². The summed E-state index contributed by atoms with van der Waals surface area (Å²) in [6, 6.07) is 63.2. The lowest BCUT2D eigenvalue weighted by molar-refractivity contribution is 0.402. The lowest BCUT2D eigenvalue weighted by atomic mass is 9.82. The van der Waals surface area contributed by atoms with E-state index in [2.05, 4.69) is 178 Å². The molecule has 3 heterocycles. The quantitative estimate of drug-likeness (QED) is 0.163. The van der Waals surface area contributed by atoms with Crippen LogP contribution >= 0.6 is 0 Å². The van der Waals surface area contributed by atoms with Crippen LogP contribution < -0.4 is 4.90 Å². The van der Waals surface area contributed by atoms with Crippen LogP contribution in [0.2, 0.25) is 0 Å². The number of rotatable bonds is 6. The van der Waals surface area contributed by atoms with Gasteiger partial charge in [0.15, 0.2) is 0 Å². The summed E-state index contributed by atoms with van der Waals surface area (Å²) in [5, 5.41) is 2.84. The van der Waals surface area contributed by atoms with Crippen LogP contribution in [0.1, 0.15) is 85.4 Å². The van der Waals surface area contributed by atoms with Gasteiger partial charge in [-0.05, 0) is 187 Å². The van der Waals surface area contributed by atoms with E-state index in [0.717, 1.165) is 12.8 Å². The molecule has 1 aliphatic heterocycles. The molecule has 3 nitrogen and oxygen atoms in total. The van der Waals surface area contributed by atoms with E-state index in [1.54, 1.807) is 11.1 Å². The maximum absolute atomic E-state index is 2.66. The average Bonchev–Trinajstić information content (AvgIpc) is 4.00. The summed E-state index contributed by atoms with van der Waals surface area (Å²) in [5.74, 6) is 0.634. The van der Waals surface area contributed by atoms with E-state index in [1.807, 2.05) is 0 Å². The van der Waals surface area contributed by atoms with Crippen LogP contribution in [0.15, 0.2) is 164 Å². The maximum Gasteiger partial charge on any atom is 0.0534 e. The number of anilines is 2. The third-order valence-electron chi connectivity index (χ3n) is 15.3. The van der Waals surface area contributed by atoms with Crippen molar-refractivity contribution in [3.63, 3.8) is 0 Å². The van der Waals surface area contributed by atoms with Crippen molar-refractivity contribution in [2.45, 2.75) is 89.0 Å². The molecule has 0 saturated heterocycles. The Labute approximate surface area is 371 Å². The Morgan fingerprint density at radius 2 is 0.810 bits per heavy atom. The van der Waals surface area contributed by atoms with Gasteiger partial charge in [0.1, 0.15) is 0 Å². The van der Waals surface area contributed by atoms with Gasteiger partial charge in [0, 0.05) is 56.9 Å². The number of benzene rings is 7. The van der Waals surface area contributed by atoms with Crippen LogP contribution in [0.3, 0.4) is 0 Å². The number of aryl methyl sites for hydroxylation is 2. The fraction of sp³-hybridized carbons (Fsp3) is 0.233. The molecule has 4 aliphatic rings. The smallest absolute Gasteiger partial charge is 0.0534 e. The first-order valence-electron chi connectivity index (χ1n) is 23.8. The van der Waals surface area contributed by atoms with E-state index < -0.39 is 0 Å². The van der Waals surface area contributed by atoms with Crippen molar-refractivity contribution in [3.05, 3.63) is 192 Å². The molecule has 0 spiro atoms. The zero-order valence-electron chi connectivity index (χ0n) is 36.1. The third kappa shape index (κ3) is 6.07. The standard InChI is InChI=1S/C60H53N3/c1-7-19-55-49(13-1)50-14-2-8-20-56(50)61(55)46-31-25-40(26-32-46)43-37-44(41-27-33-47(34-28-41)62-57-21-9-3-15-51(57)52-16-4-10-22-58(52)62)39-45(38-43)42-29-35-48(36-30-42)63-59-23-11-5-17-53(59)54-18-6-12-24-60(54)63/h1,3,5,7,9,11,13,15,17,19,21,23,25-39,50,56H,2,4,6,8,10,12,14,16,18,20,22,24H2. The first-order chi connectivity index (χ1) is 31.2. The van der Waals surface area contributed by atoms with E-state index in [4.69, 9.17) is 0 Å². The Bertz CT molecular complexity index is 3020. The second-order valence-electron chi connectivity index (χ2n) is 18.8. The van der Waals surface area contributed by atoms with Crippen LogP contribution in [0.4, 0.5) is 11.4 Å². The van der Waals surface area contributed by atoms with E-state index in [0.29, 0.717) is 12.0 Å². The number of aromatic nitrogens is 2. The molecule has 3 aliphatic carbocycles. The molecule has 63 heavy (non-hydrogen) atoms. The van der Waals surface area contributed by atoms with E-state index in [-0.39, 0.29) is 0 Å². The number of fused-ring (bicyclic) bond motifs is 9. The van der Waals surface area contributed by atoms with Crippen LogP contribution in [-0.4, -0.2) is 15.2 Å². The molecule has 2 unspecified atom stereocenters. The highest BCUT2D eigenvalue weighted by Gasteiger charge is 2.40. The molecule has 1 fully saturated rings. The Hall–Kier alpha value is -6.58. The van der Waals surface area contributed by atoms with Gasteiger partial charge in [0.2, 0.25) is 0 Å². The lowest BCUT2D eigenvalue weighted by Crippen LogP contribution is -2.32. The Balaban J connectivity index is 0.898. The van der Waals surface area contributed by atoms with Gasteiger partial charge in [0.05, 0.1) is 11.0 Å². The minimum Gasteiger partial charge on any atom is -0.338 e. The van der Waals surface area contributed by atoms with Crippen LogP contribution in [-0.2, 0) is 25.7 Å². The highest BCUT2D eigenvalue weighted by atomic mass is 15.2. The van der Waals surface area contributed by atoms with Gasteiger partial charge < -0.3 is 14.0 Å². The molecule has 2 atom stereocenters. The summed E-state index contributed by atoms with van der Waals surface area (Å²) in [4.78, 5) is 2.66. The molecule has 0 amide bonds. The summed E-state index contributed by atoms with van der Waals surface area (Å²) in [7, 11) is 0. The minimum absolute atomic E-state index is 0.549. The van der Waals surface area contributed by atoms with E-state index in [9.17, 15) is 0 Å². The fourth-order valence-electron chi connectivity index (χ4n) is 12.4. The highest BCUT2D eigenvalue weighted by Crippen LogP contribution is 2.51. The van der Waals surface area contributed by atoms with Crippen molar-refractivity contribution in [1.29, 1.82) is 0 Å². The molecule has 9 aromatic rings. The topological polar surface area (TPSA) is 13.1 Å². The average molecular weight is 816 g/mol.